The van der Waals surface area contributed by atoms with Gasteiger partial charge in [0.05, 0.1) is 18.6 Å². The zero-order chi connectivity index (χ0) is 13.7. The number of aliphatic hydroxyl groups is 1. The number of nitrogens with one attached hydrogen (secondary N) is 2. The minimum absolute atomic E-state index is 0.0184. The van der Waals surface area contributed by atoms with Crippen LogP contribution in [-0.4, -0.2) is 36.2 Å². The van der Waals surface area contributed by atoms with E-state index in [0.29, 0.717) is 6.42 Å². The molecule has 3 N–H and O–H groups in total. The van der Waals surface area contributed by atoms with Crippen LogP contribution in [0.25, 0.3) is 0 Å². The minimum Gasteiger partial charge on any atom is -0.394 e. The van der Waals surface area contributed by atoms with Gasteiger partial charge in [0.15, 0.2) is 0 Å². The summed E-state index contributed by atoms with van der Waals surface area (Å²) in [7, 11) is 0. The summed E-state index contributed by atoms with van der Waals surface area (Å²) in [6.45, 7) is 2.89. The Hall–Kier alpha value is -1.39. The van der Waals surface area contributed by atoms with Crippen LogP contribution in [0.1, 0.15) is 18.9 Å². The second kappa shape index (κ2) is 6.68. The molecule has 1 aromatic rings. The summed E-state index contributed by atoms with van der Waals surface area (Å²) in [5.41, 5.74) is 1.12. The van der Waals surface area contributed by atoms with E-state index < -0.39 is 0 Å². The summed E-state index contributed by atoms with van der Waals surface area (Å²) in [5.74, 6) is 0.0669. The molecule has 4 nitrogen and oxygen atoms in total. The highest BCUT2D eigenvalue weighted by Gasteiger charge is 2.30. The van der Waals surface area contributed by atoms with Crippen molar-refractivity contribution in [3.63, 3.8) is 0 Å². The summed E-state index contributed by atoms with van der Waals surface area (Å²) in [6, 6.07) is 9.92. The van der Waals surface area contributed by atoms with Gasteiger partial charge in [0.25, 0.3) is 0 Å². The van der Waals surface area contributed by atoms with Gasteiger partial charge in [-0.05, 0) is 31.9 Å². The van der Waals surface area contributed by atoms with Gasteiger partial charge in [-0.1, -0.05) is 30.3 Å². The van der Waals surface area contributed by atoms with Crippen LogP contribution < -0.4 is 10.6 Å². The molecule has 3 atom stereocenters. The second-order valence-corrected chi connectivity index (χ2v) is 5.22. The number of hydrogen-bond donors (Lipinski definition) is 3. The quantitative estimate of drug-likeness (QED) is 0.732. The zero-order valence-electron chi connectivity index (χ0n) is 11.3. The molecule has 0 aliphatic carbocycles. The summed E-state index contributed by atoms with van der Waals surface area (Å²) in [4.78, 5) is 12.2. The van der Waals surface area contributed by atoms with Gasteiger partial charge in [-0.25, -0.2) is 0 Å². The third-order valence-electron chi connectivity index (χ3n) is 3.75. The van der Waals surface area contributed by atoms with Crippen LogP contribution in [0.15, 0.2) is 30.3 Å². The molecular formula is C15H22N2O2. The van der Waals surface area contributed by atoms with E-state index in [1.807, 2.05) is 37.3 Å². The first-order valence-electron chi connectivity index (χ1n) is 6.89. The van der Waals surface area contributed by atoms with Crippen molar-refractivity contribution in [3.8, 4) is 0 Å². The maximum absolute atomic E-state index is 12.2. The fraction of sp³-hybridized carbons (Fsp3) is 0.533. The van der Waals surface area contributed by atoms with Crippen LogP contribution >= 0.6 is 0 Å². The predicted molar refractivity (Wildman–Crippen MR) is 74.7 cm³/mol. The Morgan fingerprint density at radius 2 is 2.21 bits per heavy atom. The maximum atomic E-state index is 12.2. The fourth-order valence-corrected chi connectivity index (χ4v) is 2.58. The molecule has 1 aromatic carbocycles. The Morgan fingerprint density at radius 1 is 1.47 bits per heavy atom. The van der Waals surface area contributed by atoms with Gasteiger partial charge in [0.1, 0.15) is 0 Å². The highest BCUT2D eigenvalue weighted by molar-refractivity contribution is 5.80. The summed E-state index contributed by atoms with van der Waals surface area (Å²) in [5, 5.41) is 15.6. The third kappa shape index (κ3) is 3.78. The molecule has 3 unspecified atom stereocenters. The normalized spacial score (nSPS) is 24.1. The van der Waals surface area contributed by atoms with Gasteiger partial charge in [-0.3, -0.25) is 4.79 Å². The van der Waals surface area contributed by atoms with Crippen LogP contribution in [0.4, 0.5) is 0 Å². The van der Waals surface area contributed by atoms with Crippen LogP contribution in [0.3, 0.4) is 0 Å². The SMILES string of the molecule is CC1NCCC1C(=O)NC(CO)Cc1ccccc1. The lowest BCUT2D eigenvalue weighted by molar-refractivity contribution is -0.126. The Kier molecular flexibility index (Phi) is 4.93. The van der Waals surface area contributed by atoms with Crippen molar-refractivity contribution in [3.05, 3.63) is 35.9 Å². The summed E-state index contributed by atoms with van der Waals surface area (Å²) < 4.78 is 0. The first-order valence-corrected chi connectivity index (χ1v) is 6.89. The number of rotatable bonds is 5. The van der Waals surface area contributed by atoms with E-state index in [0.717, 1.165) is 18.5 Å². The monoisotopic (exact) mass is 262 g/mol. The topological polar surface area (TPSA) is 61.4 Å². The first-order chi connectivity index (χ1) is 9.20. The highest BCUT2D eigenvalue weighted by atomic mass is 16.3. The minimum atomic E-state index is -0.206. The summed E-state index contributed by atoms with van der Waals surface area (Å²) in [6.07, 6.45) is 1.54. The molecule has 0 saturated carbocycles. The molecule has 2 rings (SSSR count). The molecule has 1 heterocycles. The average Bonchev–Trinajstić information content (AvgIpc) is 2.85. The fourth-order valence-electron chi connectivity index (χ4n) is 2.58. The highest BCUT2D eigenvalue weighted by Crippen LogP contribution is 2.15. The predicted octanol–water partition coefficient (Wildman–Crippen LogP) is 0.704. The number of hydrogen-bond acceptors (Lipinski definition) is 3. The van der Waals surface area contributed by atoms with E-state index in [9.17, 15) is 9.90 Å². The van der Waals surface area contributed by atoms with Crippen molar-refractivity contribution in [2.24, 2.45) is 5.92 Å². The maximum Gasteiger partial charge on any atom is 0.225 e. The molecule has 4 heteroatoms. The lowest BCUT2D eigenvalue weighted by Gasteiger charge is -2.21. The van der Waals surface area contributed by atoms with E-state index >= 15 is 0 Å². The van der Waals surface area contributed by atoms with Crippen LogP contribution in [0, 0.1) is 5.92 Å². The molecule has 0 spiro atoms. The van der Waals surface area contributed by atoms with E-state index in [-0.39, 0.29) is 30.5 Å². The molecule has 104 valence electrons. The van der Waals surface area contributed by atoms with Gasteiger partial charge >= 0.3 is 0 Å². The van der Waals surface area contributed by atoms with Gasteiger partial charge in [0.2, 0.25) is 5.91 Å². The average molecular weight is 262 g/mol. The molecule has 0 aromatic heterocycles. The van der Waals surface area contributed by atoms with Gasteiger partial charge < -0.3 is 15.7 Å². The Bertz CT molecular complexity index is 408. The van der Waals surface area contributed by atoms with Crippen molar-refractivity contribution < 1.29 is 9.90 Å². The van der Waals surface area contributed by atoms with Gasteiger partial charge in [-0.15, -0.1) is 0 Å². The molecule has 1 saturated heterocycles. The van der Waals surface area contributed by atoms with Crippen LogP contribution in [0.5, 0.6) is 0 Å². The van der Waals surface area contributed by atoms with E-state index in [1.54, 1.807) is 0 Å². The van der Waals surface area contributed by atoms with Gasteiger partial charge in [0, 0.05) is 6.04 Å². The first kappa shape index (κ1) is 14.0. The van der Waals surface area contributed by atoms with Crippen molar-refractivity contribution in [2.45, 2.75) is 31.8 Å². The Balaban J connectivity index is 1.90. The zero-order valence-corrected chi connectivity index (χ0v) is 11.3. The lowest BCUT2D eigenvalue weighted by atomic mass is 9.99. The molecule has 0 bridgehead atoms. The largest absolute Gasteiger partial charge is 0.394 e. The van der Waals surface area contributed by atoms with Crippen molar-refractivity contribution in [1.29, 1.82) is 0 Å². The summed E-state index contributed by atoms with van der Waals surface area (Å²) >= 11 is 0. The van der Waals surface area contributed by atoms with Crippen molar-refractivity contribution in [2.75, 3.05) is 13.2 Å². The van der Waals surface area contributed by atoms with E-state index in [2.05, 4.69) is 10.6 Å². The van der Waals surface area contributed by atoms with E-state index in [1.165, 1.54) is 0 Å². The smallest absolute Gasteiger partial charge is 0.225 e. The second-order valence-electron chi connectivity index (χ2n) is 5.22. The van der Waals surface area contributed by atoms with Gasteiger partial charge in [-0.2, -0.15) is 0 Å². The van der Waals surface area contributed by atoms with E-state index in [4.69, 9.17) is 0 Å². The number of carbonyl (C=O) groups is 1. The molecule has 1 aliphatic rings. The Morgan fingerprint density at radius 3 is 2.79 bits per heavy atom. The molecular weight excluding hydrogens is 240 g/mol. The number of amides is 1. The van der Waals surface area contributed by atoms with Crippen molar-refractivity contribution >= 4 is 5.91 Å². The standard InChI is InChI=1S/C15H22N2O2/c1-11-14(7-8-16-11)15(19)17-13(10-18)9-12-5-3-2-4-6-12/h2-6,11,13-14,16,18H,7-10H2,1H3,(H,17,19). The number of aliphatic hydroxyl groups excluding tert-OH is 1. The third-order valence-corrected chi connectivity index (χ3v) is 3.75. The molecule has 0 radical (unpaired) electrons. The molecule has 1 aliphatic heterocycles. The molecule has 1 amide bonds. The lowest BCUT2D eigenvalue weighted by Crippen LogP contribution is -2.44. The van der Waals surface area contributed by atoms with Crippen LogP contribution in [-0.2, 0) is 11.2 Å². The molecule has 19 heavy (non-hydrogen) atoms. The Labute approximate surface area is 114 Å². The number of benzene rings is 1. The van der Waals surface area contributed by atoms with Crippen LogP contribution in [0.2, 0.25) is 0 Å². The molecule has 1 fully saturated rings. The van der Waals surface area contributed by atoms with Crippen molar-refractivity contribution in [1.82, 2.24) is 10.6 Å². The number of carbonyl (C=O) groups excluding carboxylic acids is 1.